The Balaban J connectivity index is 0.000000424. The lowest BCUT2D eigenvalue weighted by Gasteiger charge is -2.23. The number of carbonyl (C=O) groups is 1. The van der Waals surface area contributed by atoms with Crippen LogP contribution in [0.3, 0.4) is 0 Å². The maximum absolute atomic E-state index is 14.7. The average molecular weight is 568 g/mol. The largest absolute Gasteiger partial charge is 0.508 e. The number of rotatable bonds is 4. The molecule has 2 N–H and O–H groups in total. The molecule has 1 aliphatic carbocycles. The fraction of sp³-hybridized carbons (Fsp3) is 0.516. The van der Waals surface area contributed by atoms with Crippen LogP contribution in [0.25, 0.3) is 10.8 Å². The highest BCUT2D eigenvalue weighted by molar-refractivity contribution is 6.16. The normalized spacial score (nSPS) is 16.5. The Kier molecular flexibility index (Phi) is 10.7. The summed E-state index contributed by atoms with van der Waals surface area (Å²) in [5.41, 5.74) is 1.90. The van der Waals surface area contributed by atoms with Gasteiger partial charge < -0.3 is 29.7 Å². The van der Waals surface area contributed by atoms with Gasteiger partial charge in [-0.15, -0.1) is 0 Å². The second-order valence-corrected chi connectivity index (χ2v) is 10.4. The highest BCUT2D eigenvalue weighted by Crippen LogP contribution is 2.40. The number of phenols is 1. The molecule has 0 unspecified atom stereocenters. The van der Waals surface area contributed by atoms with Gasteiger partial charge in [0.1, 0.15) is 22.9 Å². The summed E-state index contributed by atoms with van der Waals surface area (Å²) in [5, 5.41) is 14.4. The van der Waals surface area contributed by atoms with Crippen molar-refractivity contribution in [2.24, 2.45) is 0 Å². The Morgan fingerprint density at radius 1 is 1.05 bits per heavy atom. The molecular formula is C31H42FN5O4. The number of halogens is 1. The molecule has 222 valence electrons. The fourth-order valence-electron chi connectivity index (χ4n) is 5.55. The van der Waals surface area contributed by atoms with Crippen LogP contribution in [-0.2, 0) is 17.7 Å². The third kappa shape index (κ3) is 6.87. The summed E-state index contributed by atoms with van der Waals surface area (Å²) >= 11 is 0. The van der Waals surface area contributed by atoms with Gasteiger partial charge in [-0.1, -0.05) is 45.1 Å². The van der Waals surface area contributed by atoms with Gasteiger partial charge in [0.15, 0.2) is 0 Å². The van der Waals surface area contributed by atoms with E-state index in [1.54, 1.807) is 12.1 Å². The summed E-state index contributed by atoms with van der Waals surface area (Å²) in [5.74, 6) is -0.108. The summed E-state index contributed by atoms with van der Waals surface area (Å²) in [4.78, 5) is 26.3. The lowest BCUT2D eigenvalue weighted by atomic mass is 9.99. The summed E-state index contributed by atoms with van der Waals surface area (Å²) in [6.45, 7) is 4.52. The topological polar surface area (TPSA) is 100 Å². The van der Waals surface area contributed by atoms with Gasteiger partial charge in [0.05, 0.1) is 31.6 Å². The number of ether oxygens (including phenoxy) is 2. The van der Waals surface area contributed by atoms with Gasteiger partial charge >= 0.3 is 6.01 Å². The summed E-state index contributed by atoms with van der Waals surface area (Å²) in [6, 6.07) is 6.28. The minimum atomic E-state index is -0.340. The molecule has 3 aliphatic rings. The molecule has 0 spiro atoms. The maximum Gasteiger partial charge on any atom is 0.318 e. The maximum atomic E-state index is 14.7. The van der Waals surface area contributed by atoms with Gasteiger partial charge in [-0.25, -0.2) is 4.39 Å². The van der Waals surface area contributed by atoms with E-state index in [2.05, 4.69) is 15.3 Å². The number of aromatic nitrogens is 2. The number of nitrogens with zero attached hydrogens (tertiary/aromatic N) is 4. The smallest absolute Gasteiger partial charge is 0.318 e. The molecule has 6 rings (SSSR count). The van der Waals surface area contributed by atoms with E-state index in [4.69, 9.17) is 9.47 Å². The average Bonchev–Trinajstić information content (AvgIpc) is 3.58. The third-order valence-electron chi connectivity index (χ3n) is 7.44. The van der Waals surface area contributed by atoms with E-state index in [-0.39, 0.29) is 30.0 Å². The number of fused-ring (bicyclic) bond motifs is 2. The molecule has 41 heavy (non-hydrogen) atoms. The number of benzene rings is 2. The lowest BCUT2D eigenvalue weighted by Crippen LogP contribution is -2.30. The number of hydrogen-bond donors (Lipinski definition) is 2. The van der Waals surface area contributed by atoms with E-state index in [9.17, 15) is 14.3 Å². The molecule has 3 aromatic rings. The minimum absolute atomic E-state index is 0.00322. The van der Waals surface area contributed by atoms with Crippen LogP contribution in [0, 0.1) is 5.82 Å². The lowest BCUT2D eigenvalue weighted by molar-refractivity contribution is 0.0997. The van der Waals surface area contributed by atoms with Crippen LogP contribution in [0.15, 0.2) is 24.3 Å². The molecule has 0 radical (unpaired) electrons. The molecule has 0 bridgehead atoms. The van der Waals surface area contributed by atoms with Crippen molar-refractivity contribution in [3.05, 3.63) is 46.9 Å². The molecule has 2 fully saturated rings. The van der Waals surface area contributed by atoms with Crippen LogP contribution in [0.2, 0.25) is 0 Å². The van der Waals surface area contributed by atoms with E-state index >= 15 is 0 Å². The Bertz CT molecular complexity index is 1330. The molecule has 1 saturated heterocycles. The van der Waals surface area contributed by atoms with E-state index in [0.29, 0.717) is 71.8 Å². The molecule has 2 aliphatic heterocycles. The zero-order chi connectivity index (χ0) is 29.4. The first-order chi connectivity index (χ1) is 19.9. The number of hydrogen-bond acceptors (Lipinski definition) is 8. The summed E-state index contributed by atoms with van der Waals surface area (Å²) < 4.78 is 25.6. The van der Waals surface area contributed by atoms with Gasteiger partial charge in [-0.05, 0) is 50.0 Å². The van der Waals surface area contributed by atoms with Crippen LogP contribution in [0.4, 0.5) is 15.9 Å². The molecule has 3 heterocycles. The third-order valence-corrected chi connectivity index (χ3v) is 7.44. The standard InChI is InChI=1S/C24H25FN4O4.C5H10.C2H7N/c1-3-16-17(25)6-5-14-11-15(30)12-19(20(14)16)29-13-18-21(23(29)31)22(27-24(26-18)32-2)28-7-4-9-33-10-8-28;1-2-4-5-3-1;1-3-2/h5-6,11-12,30H,3-4,7-10,13H2,1-2H3;1-5H2;3H,1-2H3. The number of carbonyl (C=O) groups excluding carboxylic acids is 1. The van der Waals surface area contributed by atoms with Crippen molar-refractivity contribution in [1.82, 2.24) is 15.3 Å². The van der Waals surface area contributed by atoms with Gasteiger partial charge in [0, 0.05) is 31.1 Å². The molecular weight excluding hydrogens is 525 g/mol. The van der Waals surface area contributed by atoms with Gasteiger partial charge in [-0.2, -0.15) is 9.97 Å². The van der Waals surface area contributed by atoms with Crippen LogP contribution >= 0.6 is 0 Å². The van der Waals surface area contributed by atoms with Crippen LogP contribution < -0.4 is 19.9 Å². The number of anilines is 2. The van der Waals surface area contributed by atoms with Crippen molar-refractivity contribution in [2.45, 2.75) is 58.4 Å². The number of phenolic OH excluding ortho intramolecular Hbond substituents is 1. The number of amides is 1. The first-order valence-electron chi connectivity index (χ1n) is 14.5. The molecule has 1 saturated carbocycles. The quantitative estimate of drug-likeness (QED) is 0.443. The van der Waals surface area contributed by atoms with Crippen LogP contribution in [0.1, 0.15) is 67.1 Å². The second-order valence-electron chi connectivity index (χ2n) is 10.4. The number of aromatic hydroxyl groups is 1. The van der Waals surface area contributed by atoms with E-state index in [1.807, 2.05) is 25.9 Å². The Hall–Kier alpha value is -3.50. The zero-order valence-electron chi connectivity index (χ0n) is 24.6. The van der Waals surface area contributed by atoms with Crippen molar-refractivity contribution in [1.29, 1.82) is 0 Å². The molecule has 2 aromatic carbocycles. The Labute approximate surface area is 241 Å². The van der Waals surface area contributed by atoms with Gasteiger partial charge in [0.25, 0.3) is 5.91 Å². The predicted octanol–water partition coefficient (Wildman–Crippen LogP) is 5.22. The fourth-order valence-corrected chi connectivity index (χ4v) is 5.55. The molecule has 10 heteroatoms. The second kappa shape index (κ2) is 14.4. The van der Waals surface area contributed by atoms with Gasteiger partial charge in [0.2, 0.25) is 0 Å². The number of aryl methyl sites for hydroxylation is 1. The van der Waals surface area contributed by atoms with Crippen LogP contribution in [-0.4, -0.2) is 68.5 Å². The zero-order valence-corrected chi connectivity index (χ0v) is 24.6. The molecule has 0 atom stereocenters. The predicted molar refractivity (Wildman–Crippen MR) is 160 cm³/mol. The summed E-state index contributed by atoms with van der Waals surface area (Å²) in [7, 11) is 5.24. The van der Waals surface area contributed by atoms with Crippen LogP contribution in [0.5, 0.6) is 11.8 Å². The Morgan fingerprint density at radius 3 is 2.41 bits per heavy atom. The highest BCUT2D eigenvalue weighted by Gasteiger charge is 2.37. The van der Waals surface area contributed by atoms with E-state index in [1.165, 1.54) is 56.2 Å². The SMILES string of the molecule is C1CCCC1.CCc1c(F)ccc2cc(O)cc(N3Cc4nc(OC)nc(N5CCCOCC5)c4C3=O)c12.CNC. The van der Waals surface area contributed by atoms with Gasteiger partial charge in [-0.3, -0.25) is 4.79 Å². The van der Waals surface area contributed by atoms with Crippen molar-refractivity contribution in [3.63, 3.8) is 0 Å². The molecule has 1 aromatic heterocycles. The summed E-state index contributed by atoms with van der Waals surface area (Å²) in [6.07, 6.45) is 8.76. The van der Waals surface area contributed by atoms with Crippen molar-refractivity contribution in [2.75, 3.05) is 57.3 Å². The first kappa shape index (κ1) is 30.5. The Morgan fingerprint density at radius 2 is 1.76 bits per heavy atom. The van der Waals surface area contributed by atoms with Crippen molar-refractivity contribution >= 4 is 28.2 Å². The number of nitrogens with one attached hydrogen (secondary N) is 1. The van der Waals surface area contributed by atoms with E-state index < -0.39 is 0 Å². The molecule has 9 nitrogen and oxygen atoms in total. The highest BCUT2D eigenvalue weighted by atomic mass is 19.1. The van der Waals surface area contributed by atoms with Crippen molar-refractivity contribution in [3.8, 4) is 11.8 Å². The first-order valence-corrected chi connectivity index (χ1v) is 14.5. The van der Waals surface area contributed by atoms with Crippen molar-refractivity contribution < 1.29 is 23.8 Å². The monoisotopic (exact) mass is 567 g/mol. The van der Waals surface area contributed by atoms with E-state index in [0.717, 1.165) is 6.42 Å². The molecule has 1 amide bonds. The number of methoxy groups -OCH3 is 1. The minimum Gasteiger partial charge on any atom is -0.508 e.